The molecule has 0 aliphatic carbocycles. The second-order valence-corrected chi connectivity index (χ2v) is 6.37. The van der Waals surface area contributed by atoms with Gasteiger partial charge in [-0.1, -0.05) is 11.6 Å². The van der Waals surface area contributed by atoms with E-state index < -0.39 is 0 Å². The van der Waals surface area contributed by atoms with Crippen LogP contribution in [0.25, 0.3) is 0 Å². The minimum Gasteiger partial charge on any atom is -0.339 e. The zero-order valence-electron chi connectivity index (χ0n) is 11.2. The van der Waals surface area contributed by atoms with E-state index in [2.05, 4.69) is 27.9 Å². The number of carbonyl (C=O) groups is 1. The highest BCUT2D eigenvalue weighted by Gasteiger charge is 2.25. The van der Waals surface area contributed by atoms with Crippen LogP contribution in [0.4, 0.5) is 0 Å². The summed E-state index contributed by atoms with van der Waals surface area (Å²) in [6.07, 6.45) is 2.05. The fraction of sp³-hybridized carbons (Fsp3) is 0.500. The van der Waals surface area contributed by atoms with E-state index in [9.17, 15) is 4.79 Å². The van der Waals surface area contributed by atoms with E-state index in [1.807, 2.05) is 18.0 Å². The number of nitrogens with zero attached hydrogens (tertiary/aromatic N) is 2. The summed E-state index contributed by atoms with van der Waals surface area (Å²) in [7, 11) is 4.00. The van der Waals surface area contributed by atoms with Gasteiger partial charge in [0.1, 0.15) is 0 Å². The smallest absolute Gasteiger partial charge is 0.255 e. The Kier molecular flexibility index (Phi) is 4.87. The third kappa shape index (κ3) is 3.50. The molecule has 1 fully saturated rings. The fourth-order valence-corrected chi connectivity index (χ4v) is 2.99. The van der Waals surface area contributed by atoms with Crippen molar-refractivity contribution in [2.24, 2.45) is 0 Å². The molecule has 1 aromatic rings. The van der Waals surface area contributed by atoms with Crippen LogP contribution in [-0.2, 0) is 0 Å². The van der Waals surface area contributed by atoms with Crippen molar-refractivity contribution in [1.82, 2.24) is 9.80 Å². The van der Waals surface area contributed by atoms with Crippen LogP contribution in [0.1, 0.15) is 23.2 Å². The largest absolute Gasteiger partial charge is 0.339 e. The molecule has 1 aliphatic rings. The third-order valence-corrected chi connectivity index (χ3v) is 4.64. The van der Waals surface area contributed by atoms with Gasteiger partial charge >= 0.3 is 0 Å². The highest BCUT2D eigenvalue weighted by molar-refractivity contribution is 9.10. The van der Waals surface area contributed by atoms with Crippen molar-refractivity contribution in [3.05, 3.63) is 33.3 Å². The van der Waals surface area contributed by atoms with E-state index in [0.29, 0.717) is 16.6 Å². The topological polar surface area (TPSA) is 23.6 Å². The number of rotatable bonds is 2. The van der Waals surface area contributed by atoms with Crippen molar-refractivity contribution in [2.75, 3.05) is 27.2 Å². The molecule has 0 atom stereocenters. The summed E-state index contributed by atoms with van der Waals surface area (Å²) in [6.45, 7) is 2.08. The van der Waals surface area contributed by atoms with Crippen molar-refractivity contribution >= 4 is 33.4 Å². The average Bonchev–Trinajstić information content (AvgIpc) is 2.41. The van der Waals surface area contributed by atoms with Crippen LogP contribution in [0.3, 0.4) is 0 Å². The summed E-state index contributed by atoms with van der Waals surface area (Å²) in [4.78, 5) is 16.7. The van der Waals surface area contributed by atoms with Gasteiger partial charge in [-0.15, -0.1) is 0 Å². The standard InChI is InChI=1S/C14H18BrClN2O/c1-17-7-5-11(6-8-17)18(2)14(19)12-9-10(16)3-4-13(12)15/h3-4,9,11H,5-8H2,1-2H3. The molecule has 1 amide bonds. The van der Waals surface area contributed by atoms with Crippen LogP contribution >= 0.6 is 27.5 Å². The molecule has 0 saturated carbocycles. The molecule has 1 saturated heterocycles. The predicted molar refractivity (Wildman–Crippen MR) is 81.8 cm³/mol. The Morgan fingerprint density at radius 2 is 2.05 bits per heavy atom. The molecule has 104 valence electrons. The zero-order valence-corrected chi connectivity index (χ0v) is 13.5. The van der Waals surface area contributed by atoms with Crippen molar-refractivity contribution in [2.45, 2.75) is 18.9 Å². The molecule has 19 heavy (non-hydrogen) atoms. The predicted octanol–water partition coefficient (Wildman–Crippen LogP) is 3.27. The Balaban J connectivity index is 2.12. The normalized spacial score (nSPS) is 17.5. The molecule has 2 rings (SSSR count). The van der Waals surface area contributed by atoms with E-state index in [-0.39, 0.29) is 5.91 Å². The number of likely N-dealkylation sites (tertiary alicyclic amines) is 1. The number of amides is 1. The van der Waals surface area contributed by atoms with Crippen LogP contribution in [0.2, 0.25) is 5.02 Å². The molecular weight excluding hydrogens is 328 g/mol. The maximum absolute atomic E-state index is 12.5. The lowest BCUT2D eigenvalue weighted by atomic mass is 10.0. The quantitative estimate of drug-likeness (QED) is 0.821. The molecule has 0 unspecified atom stereocenters. The maximum atomic E-state index is 12.5. The summed E-state index contributed by atoms with van der Waals surface area (Å²) in [5.41, 5.74) is 0.633. The average molecular weight is 346 g/mol. The van der Waals surface area contributed by atoms with Gasteiger partial charge in [0.25, 0.3) is 5.91 Å². The molecule has 3 nitrogen and oxygen atoms in total. The van der Waals surface area contributed by atoms with Gasteiger partial charge in [-0.3, -0.25) is 4.79 Å². The van der Waals surface area contributed by atoms with E-state index in [4.69, 9.17) is 11.6 Å². The number of halogens is 2. The van der Waals surface area contributed by atoms with Crippen molar-refractivity contribution in [3.8, 4) is 0 Å². The molecule has 1 heterocycles. The number of hydrogen-bond acceptors (Lipinski definition) is 2. The fourth-order valence-electron chi connectivity index (χ4n) is 2.40. The first kappa shape index (κ1) is 14.8. The molecule has 5 heteroatoms. The van der Waals surface area contributed by atoms with E-state index in [0.717, 1.165) is 30.4 Å². The molecular formula is C14H18BrClN2O. The lowest BCUT2D eigenvalue weighted by Crippen LogP contribution is -2.44. The SMILES string of the molecule is CN1CCC(N(C)C(=O)c2cc(Cl)ccc2Br)CC1. The molecule has 0 spiro atoms. The lowest BCUT2D eigenvalue weighted by Gasteiger charge is -2.35. The number of benzene rings is 1. The number of piperidine rings is 1. The van der Waals surface area contributed by atoms with Gasteiger partial charge in [0.05, 0.1) is 5.56 Å². The highest BCUT2D eigenvalue weighted by atomic mass is 79.9. The summed E-state index contributed by atoms with van der Waals surface area (Å²) in [5.74, 6) is 0.0314. The van der Waals surface area contributed by atoms with Gasteiger partial charge in [0.15, 0.2) is 0 Å². The van der Waals surface area contributed by atoms with Gasteiger partial charge < -0.3 is 9.80 Å². The Bertz CT molecular complexity index is 473. The van der Waals surface area contributed by atoms with Crippen LogP contribution < -0.4 is 0 Å². The molecule has 0 radical (unpaired) electrons. The Hall–Kier alpha value is -0.580. The van der Waals surface area contributed by atoms with E-state index >= 15 is 0 Å². The monoisotopic (exact) mass is 344 g/mol. The van der Waals surface area contributed by atoms with Crippen LogP contribution in [-0.4, -0.2) is 48.9 Å². The first-order chi connectivity index (χ1) is 8.99. The van der Waals surface area contributed by atoms with Crippen molar-refractivity contribution < 1.29 is 4.79 Å². The van der Waals surface area contributed by atoms with Gasteiger partial charge in [-0.2, -0.15) is 0 Å². The van der Waals surface area contributed by atoms with Crippen LogP contribution in [0.15, 0.2) is 22.7 Å². The zero-order chi connectivity index (χ0) is 14.0. The van der Waals surface area contributed by atoms with Crippen LogP contribution in [0.5, 0.6) is 0 Å². The summed E-state index contributed by atoms with van der Waals surface area (Å²) in [6, 6.07) is 5.63. The first-order valence-electron chi connectivity index (χ1n) is 6.40. The second kappa shape index (κ2) is 6.25. The van der Waals surface area contributed by atoms with Crippen molar-refractivity contribution in [3.63, 3.8) is 0 Å². The molecule has 1 aromatic carbocycles. The molecule has 1 aliphatic heterocycles. The molecule has 0 aromatic heterocycles. The van der Waals surface area contributed by atoms with Crippen molar-refractivity contribution in [1.29, 1.82) is 0 Å². The van der Waals surface area contributed by atoms with Gasteiger partial charge in [0.2, 0.25) is 0 Å². The highest BCUT2D eigenvalue weighted by Crippen LogP contribution is 2.24. The Labute approximate surface area is 127 Å². The summed E-state index contributed by atoms with van der Waals surface area (Å²) < 4.78 is 0.793. The number of carbonyl (C=O) groups excluding carboxylic acids is 1. The molecule has 0 bridgehead atoms. The Morgan fingerprint density at radius 3 is 2.68 bits per heavy atom. The van der Waals surface area contributed by atoms with Gasteiger partial charge in [-0.25, -0.2) is 0 Å². The van der Waals surface area contributed by atoms with E-state index in [1.165, 1.54) is 0 Å². The first-order valence-corrected chi connectivity index (χ1v) is 7.57. The minimum atomic E-state index is 0.0314. The lowest BCUT2D eigenvalue weighted by molar-refractivity contribution is 0.0658. The second-order valence-electron chi connectivity index (χ2n) is 5.07. The van der Waals surface area contributed by atoms with Crippen LogP contribution in [0, 0.1) is 0 Å². The molecule has 0 N–H and O–H groups in total. The number of hydrogen-bond donors (Lipinski definition) is 0. The summed E-state index contributed by atoms with van der Waals surface area (Å²) in [5, 5.41) is 0.586. The summed E-state index contributed by atoms with van der Waals surface area (Å²) >= 11 is 9.39. The van der Waals surface area contributed by atoms with Gasteiger partial charge in [-0.05, 0) is 67.1 Å². The van der Waals surface area contributed by atoms with Gasteiger partial charge in [0, 0.05) is 22.6 Å². The van der Waals surface area contributed by atoms with E-state index in [1.54, 1.807) is 12.1 Å². The third-order valence-electron chi connectivity index (χ3n) is 3.71. The Morgan fingerprint density at radius 1 is 1.42 bits per heavy atom. The maximum Gasteiger partial charge on any atom is 0.255 e. The minimum absolute atomic E-state index is 0.0314.